The molecular formula is C14H16ClN3S. The van der Waals surface area contributed by atoms with Crippen molar-refractivity contribution in [3.8, 4) is 0 Å². The number of pyridine rings is 1. The number of rotatable bonds is 3. The second-order valence-corrected chi connectivity index (χ2v) is 6.21. The Balaban J connectivity index is 1.80. The molecule has 1 aliphatic rings. The molecule has 3 heterocycles. The van der Waals surface area contributed by atoms with Gasteiger partial charge in [-0.25, -0.2) is 0 Å². The highest BCUT2D eigenvalue weighted by Gasteiger charge is 2.24. The van der Waals surface area contributed by atoms with E-state index in [0.717, 1.165) is 30.5 Å². The van der Waals surface area contributed by atoms with Crippen LogP contribution in [0.5, 0.6) is 0 Å². The number of thiophene rings is 1. The lowest BCUT2D eigenvalue weighted by molar-refractivity contribution is 0.154. The van der Waals surface area contributed by atoms with E-state index >= 15 is 0 Å². The average molecular weight is 294 g/mol. The zero-order chi connectivity index (χ0) is 13.1. The van der Waals surface area contributed by atoms with Gasteiger partial charge in [-0.05, 0) is 34.7 Å². The molecule has 0 spiro atoms. The molecule has 3 rings (SSSR count). The first-order chi connectivity index (χ1) is 9.34. The number of nitrogens with zero attached hydrogens (tertiary/aromatic N) is 2. The van der Waals surface area contributed by atoms with E-state index in [1.807, 2.05) is 12.4 Å². The van der Waals surface area contributed by atoms with Gasteiger partial charge in [-0.2, -0.15) is 0 Å². The SMILES string of the molecule is Clc1sccc1CN1CCNCC1c1ccncc1. The zero-order valence-electron chi connectivity index (χ0n) is 10.6. The molecule has 1 aliphatic heterocycles. The summed E-state index contributed by atoms with van der Waals surface area (Å²) >= 11 is 7.82. The molecule has 0 bridgehead atoms. The summed E-state index contributed by atoms with van der Waals surface area (Å²) in [7, 11) is 0. The smallest absolute Gasteiger partial charge is 0.0973 e. The summed E-state index contributed by atoms with van der Waals surface area (Å²) in [5.41, 5.74) is 2.54. The van der Waals surface area contributed by atoms with Crippen LogP contribution in [0, 0.1) is 0 Å². The second kappa shape index (κ2) is 6.01. The van der Waals surface area contributed by atoms with E-state index in [9.17, 15) is 0 Å². The van der Waals surface area contributed by atoms with Crippen LogP contribution in [0.4, 0.5) is 0 Å². The van der Waals surface area contributed by atoms with Gasteiger partial charge in [0.05, 0.1) is 4.34 Å². The van der Waals surface area contributed by atoms with Crippen LogP contribution in [0.2, 0.25) is 4.34 Å². The van der Waals surface area contributed by atoms with Crippen LogP contribution in [-0.2, 0) is 6.54 Å². The van der Waals surface area contributed by atoms with E-state index in [0.29, 0.717) is 6.04 Å². The Morgan fingerprint density at radius 3 is 2.95 bits per heavy atom. The third kappa shape index (κ3) is 2.98. The number of piperazine rings is 1. The molecule has 0 amide bonds. The molecule has 2 aromatic rings. The van der Waals surface area contributed by atoms with Crippen LogP contribution >= 0.6 is 22.9 Å². The summed E-state index contributed by atoms with van der Waals surface area (Å²) in [6, 6.07) is 6.71. The van der Waals surface area contributed by atoms with Crippen molar-refractivity contribution in [1.82, 2.24) is 15.2 Å². The minimum atomic E-state index is 0.396. The maximum absolute atomic E-state index is 6.22. The van der Waals surface area contributed by atoms with Gasteiger partial charge < -0.3 is 5.32 Å². The van der Waals surface area contributed by atoms with E-state index in [-0.39, 0.29) is 0 Å². The lowest BCUT2D eigenvalue weighted by Gasteiger charge is -2.36. The maximum Gasteiger partial charge on any atom is 0.0973 e. The summed E-state index contributed by atoms with van der Waals surface area (Å²) < 4.78 is 0.909. The molecule has 1 unspecified atom stereocenters. The van der Waals surface area contributed by atoms with Gasteiger partial charge in [-0.3, -0.25) is 9.88 Å². The Labute approximate surface area is 122 Å². The van der Waals surface area contributed by atoms with Gasteiger partial charge in [0.2, 0.25) is 0 Å². The Morgan fingerprint density at radius 1 is 1.37 bits per heavy atom. The van der Waals surface area contributed by atoms with Crippen LogP contribution in [0.3, 0.4) is 0 Å². The Kier molecular flexibility index (Phi) is 4.13. The number of nitrogens with one attached hydrogen (secondary N) is 1. The van der Waals surface area contributed by atoms with Crippen molar-refractivity contribution in [1.29, 1.82) is 0 Å². The fourth-order valence-corrected chi connectivity index (χ4v) is 3.41. The molecular weight excluding hydrogens is 278 g/mol. The predicted molar refractivity (Wildman–Crippen MR) is 79.6 cm³/mol. The van der Waals surface area contributed by atoms with Crippen molar-refractivity contribution in [3.05, 3.63) is 51.4 Å². The van der Waals surface area contributed by atoms with Crippen LogP contribution in [0.1, 0.15) is 17.2 Å². The number of aromatic nitrogens is 1. The van der Waals surface area contributed by atoms with E-state index in [2.05, 4.69) is 38.8 Å². The molecule has 1 saturated heterocycles. The van der Waals surface area contributed by atoms with Gasteiger partial charge >= 0.3 is 0 Å². The minimum Gasteiger partial charge on any atom is -0.314 e. The van der Waals surface area contributed by atoms with E-state index in [1.54, 1.807) is 11.3 Å². The highest BCUT2D eigenvalue weighted by molar-refractivity contribution is 7.14. The third-order valence-electron chi connectivity index (χ3n) is 3.51. The molecule has 3 nitrogen and oxygen atoms in total. The Morgan fingerprint density at radius 2 is 2.21 bits per heavy atom. The summed E-state index contributed by atoms with van der Waals surface area (Å²) in [6.07, 6.45) is 3.72. The molecule has 0 radical (unpaired) electrons. The Bertz CT molecular complexity index is 528. The summed E-state index contributed by atoms with van der Waals surface area (Å²) in [6.45, 7) is 3.96. The van der Waals surface area contributed by atoms with Gasteiger partial charge in [0, 0.05) is 44.6 Å². The fraction of sp³-hybridized carbons (Fsp3) is 0.357. The molecule has 0 aliphatic carbocycles. The molecule has 2 aromatic heterocycles. The molecule has 1 atom stereocenters. The number of hydrogen-bond donors (Lipinski definition) is 1. The predicted octanol–water partition coefficient (Wildman–Crippen LogP) is 2.94. The van der Waals surface area contributed by atoms with Gasteiger partial charge in [0.1, 0.15) is 0 Å². The molecule has 19 heavy (non-hydrogen) atoms. The number of hydrogen-bond acceptors (Lipinski definition) is 4. The van der Waals surface area contributed by atoms with Crippen molar-refractivity contribution >= 4 is 22.9 Å². The van der Waals surface area contributed by atoms with Crippen molar-refractivity contribution in [2.45, 2.75) is 12.6 Å². The van der Waals surface area contributed by atoms with Gasteiger partial charge in [-0.1, -0.05) is 11.6 Å². The Hall–Kier alpha value is -0.940. The first-order valence-electron chi connectivity index (χ1n) is 6.41. The van der Waals surface area contributed by atoms with E-state index in [4.69, 9.17) is 11.6 Å². The first kappa shape index (κ1) is 13.1. The summed E-state index contributed by atoms with van der Waals surface area (Å²) in [4.78, 5) is 6.58. The topological polar surface area (TPSA) is 28.2 Å². The fourth-order valence-electron chi connectivity index (χ4n) is 2.50. The molecule has 5 heteroatoms. The molecule has 1 N–H and O–H groups in total. The van der Waals surface area contributed by atoms with Gasteiger partial charge in [0.25, 0.3) is 0 Å². The highest BCUT2D eigenvalue weighted by atomic mass is 35.5. The lowest BCUT2D eigenvalue weighted by Crippen LogP contribution is -2.45. The summed E-state index contributed by atoms with van der Waals surface area (Å²) in [5, 5.41) is 5.52. The van der Waals surface area contributed by atoms with Crippen LogP contribution in [0.15, 0.2) is 36.0 Å². The van der Waals surface area contributed by atoms with Gasteiger partial charge in [-0.15, -0.1) is 11.3 Å². The minimum absolute atomic E-state index is 0.396. The van der Waals surface area contributed by atoms with Crippen molar-refractivity contribution in [2.75, 3.05) is 19.6 Å². The molecule has 0 aromatic carbocycles. The van der Waals surface area contributed by atoms with Crippen molar-refractivity contribution < 1.29 is 0 Å². The van der Waals surface area contributed by atoms with Crippen molar-refractivity contribution in [3.63, 3.8) is 0 Å². The summed E-state index contributed by atoms with van der Waals surface area (Å²) in [5.74, 6) is 0. The first-order valence-corrected chi connectivity index (χ1v) is 7.67. The van der Waals surface area contributed by atoms with Crippen molar-refractivity contribution in [2.24, 2.45) is 0 Å². The van der Waals surface area contributed by atoms with Crippen LogP contribution in [-0.4, -0.2) is 29.5 Å². The lowest BCUT2D eigenvalue weighted by atomic mass is 10.0. The zero-order valence-corrected chi connectivity index (χ0v) is 12.1. The van der Waals surface area contributed by atoms with Crippen LogP contribution < -0.4 is 5.32 Å². The molecule has 100 valence electrons. The third-order valence-corrected chi connectivity index (χ3v) is 4.76. The highest BCUT2D eigenvalue weighted by Crippen LogP contribution is 2.28. The maximum atomic E-state index is 6.22. The van der Waals surface area contributed by atoms with E-state index in [1.165, 1.54) is 11.1 Å². The molecule has 1 fully saturated rings. The quantitative estimate of drug-likeness (QED) is 0.943. The normalized spacial score (nSPS) is 20.6. The standard InChI is InChI=1S/C14H16ClN3S/c15-14-12(3-8-19-14)10-18-7-6-17-9-13(18)11-1-4-16-5-2-11/h1-5,8,13,17H,6-7,9-10H2. The molecule has 0 saturated carbocycles. The van der Waals surface area contributed by atoms with Gasteiger partial charge in [0.15, 0.2) is 0 Å². The number of halogens is 1. The monoisotopic (exact) mass is 293 g/mol. The van der Waals surface area contributed by atoms with Crippen LogP contribution in [0.25, 0.3) is 0 Å². The van der Waals surface area contributed by atoms with E-state index < -0.39 is 0 Å². The largest absolute Gasteiger partial charge is 0.314 e. The second-order valence-electron chi connectivity index (χ2n) is 4.69. The average Bonchev–Trinajstić information content (AvgIpc) is 2.86.